The van der Waals surface area contributed by atoms with Crippen molar-refractivity contribution in [3.05, 3.63) is 75.9 Å². The van der Waals surface area contributed by atoms with E-state index in [-0.39, 0.29) is 17.1 Å². The lowest BCUT2D eigenvalue weighted by Crippen LogP contribution is -2.26. The summed E-state index contributed by atoms with van der Waals surface area (Å²) in [6.45, 7) is 4.34. The van der Waals surface area contributed by atoms with Crippen molar-refractivity contribution in [2.75, 3.05) is 5.75 Å². The number of aryl methyl sites for hydroxylation is 2. The van der Waals surface area contributed by atoms with Gasteiger partial charge in [0.2, 0.25) is 5.91 Å². The van der Waals surface area contributed by atoms with E-state index in [0.717, 1.165) is 11.3 Å². The van der Waals surface area contributed by atoms with Crippen LogP contribution < -0.4 is 10.8 Å². The number of nitrogens with one attached hydrogen (secondary N) is 3. The highest BCUT2D eigenvalue weighted by Gasteiger charge is 2.16. The number of aromatic amines is 1. The second-order valence-corrected chi connectivity index (χ2v) is 8.54. The Kier molecular flexibility index (Phi) is 6.11. The van der Waals surface area contributed by atoms with Crippen molar-refractivity contribution in [1.82, 2.24) is 25.1 Å². The Morgan fingerprint density at radius 2 is 2.00 bits per heavy atom. The smallest absolute Gasteiger partial charge is 0.230 e. The van der Waals surface area contributed by atoms with E-state index in [4.69, 9.17) is 17.0 Å². The molecule has 0 atom stereocenters. The highest BCUT2D eigenvalue weighted by atomic mass is 35.5. The van der Waals surface area contributed by atoms with E-state index in [1.165, 1.54) is 17.3 Å². The predicted molar refractivity (Wildman–Crippen MR) is 123 cm³/mol. The first kappa shape index (κ1) is 21.1. The second kappa shape index (κ2) is 8.95. The molecule has 7 nitrogen and oxygen atoms in total. The standard InChI is InChI=1S/C22H21ClN6OS/c1-13-6-8-15(9-7-13)11-25-18(30)12-31-22-26-21-19(14(2)27-28-21)20(24)29(22)17-5-3-4-16(23)10-17/h3-10,24H,11-12H2,1-2H3,(H,25,30)(H,27,28). The van der Waals surface area contributed by atoms with E-state index >= 15 is 0 Å². The van der Waals surface area contributed by atoms with Crippen LogP contribution in [-0.4, -0.2) is 31.4 Å². The molecule has 2 heterocycles. The topological polar surface area (TPSA) is 99.5 Å². The number of fused-ring (bicyclic) bond motifs is 1. The number of hydrogen-bond donors (Lipinski definition) is 3. The van der Waals surface area contributed by atoms with Gasteiger partial charge in [-0.3, -0.25) is 19.9 Å². The molecule has 0 spiro atoms. The number of nitrogens with zero attached hydrogens (tertiary/aromatic N) is 3. The molecule has 0 fully saturated rings. The molecule has 0 unspecified atom stereocenters. The van der Waals surface area contributed by atoms with Crippen LogP contribution in [0.4, 0.5) is 0 Å². The Hall–Kier alpha value is -3.10. The second-order valence-electron chi connectivity index (χ2n) is 7.16. The van der Waals surface area contributed by atoms with Crippen LogP contribution in [0.1, 0.15) is 16.8 Å². The Balaban J connectivity index is 1.59. The number of carbonyl (C=O) groups excluding carboxylic acids is 1. The van der Waals surface area contributed by atoms with Crippen molar-refractivity contribution in [3.63, 3.8) is 0 Å². The van der Waals surface area contributed by atoms with E-state index in [1.807, 2.05) is 50.2 Å². The van der Waals surface area contributed by atoms with Crippen molar-refractivity contribution in [2.24, 2.45) is 0 Å². The van der Waals surface area contributed by atoms with Gasteiger partial charge in [0.1, 0.15) is 5.49 Å². The number of halogens is 1. The summed E-state index contributed by atoms with van der Waals surface area (Å²) >= 11 is 7.43. The highest BCUT2D eigenvalue weighted by Crippen LogP contribution is 2.23. The lowest BCUT2D eigenvalue weighted by Gasteiger charge is -2.13. The van der Waals surface area contributed by atoms with Gasteiger partial charge in [-0.05, 0) is 37.6 Å². The molecule has 3 N–H and O–H groups in total. The van der Waals surface area contributed by atoms with Gasteiger partial charge >= 0.3 is 0 Å². The lowest BCUT2D eigenvalue weighted by atomic mass is 10.1. The zero-order valence-electron chi connectivity index (χ0n) is 17.1. The van der Waals surface area contributed by atoms with Gasteiger partial charge in [-0.25, -0.2) is 4.98 Å². The molecular weight excluding hydrogens is 432 g/mol. The summed E-state index contributed by atoms with van der Waals surface area (Å²) in [7, 11) is 0. The maximum Gasteiger partial charge on any atom is 0.230 e. The van der Waals surface area contributed by atoms with Gasteiger partial charge in [0.25, 0.3) is 0 Å². The molecule has 0 aliphatic heterocycles. The van der Waals surface area contributed by atoms with E-state index in [1.54, 1.807) is 16.7 Å². The number of amides is 1. The fourth-order valence-corrected chi connectivity index (χ4v) is 4.19. The summed E-state index contributed by atoms with van der Waals surface area (Å²) in [5, 5.41) is 20.4. The van der Waals surface area contributed by atoms with Gasteiger partial charge in [0, 0.05) is 17.3 Å². The van der Waals surface area contributed by atoms with Gasteiger partial charge in [-0.1, -0.05) is 59.3 Å². The highest BCUT2D eigenvalue weighted by molar-refractivity contribution is 7.99. The zero-order valence-corrected chi connectivity index (χ0v) is 18.6. The van der Waals surface area contributed by atoms with Crippen molar-refractivity contribution in [2.45, 2.75) is 25.5 Å². The summed E-state index contributed by atoms with van der Waals surface area (Å²) in [4.78, 5) is 17.1. The summed E-state index contributed by atoms with van der Waals surface area (Å²) in [5.74, 6) is 0.0446. The number of thioether (sulfide) groups is 1. The molecule has 4 rings (SSSR count). The molecule has 31 heavy (non-hydrogen) atoms. The van der Waals surface area contributed by atoms with Crippen molar-refractivity contribution in [3.8, 4) is 5.69 Å². The first-order valence-corrected chi connectivity index (χ1v) is 11.0. The average Bonchev–Trinajstić information content (AvgIpc) is 3.12. The Morgan fingerprint density at radius 1 is 1.23 bits per heavy atom. The number of carbonyl (C=O) groups is 1. The molecule has 2 aromatic heterocycles. The van der Waals surface area contributed by atoms with Gasteiger partial charge in [0.05, 0.1) is 16.8 Å². The number of hydrogen-bond acceptors (Lipinski definition) is 5. The van der Waals surface area contributed by atoms with E-state index in [2.05, 4.69) is 20.5 Å². The number of rotatable bonds is 6. The SMILES string of the molecule is Cc1ccc(CNC(=O)CSc2nc3n[nH]c(C)c3c(=N)n2-c2cccc(Cl)c2)cc1. The molecule has 4 aromatic rings. The van der Waals surface area contributed by atoms with Gasteiger partial charge in [-0.2, -0.15) is 5.10 Å². The predicted octanol–water partition coefficient (Wildman–Crippen LogP) is 3.91. The minimum Gasteiger partial charge on any atom is -0.351 e. The Morgan fingerprint density at radius 3 is 2.74 bits per heavy atom. The molecule has 0 saturated carbocycles. The minimum absolute atomic E-state index is 0.116. The molecule has 9 heteroatoms. The molecule has 0 saturated heterocycles. The Labute approximate surface area is 188 Å². The van der Waals surface area contributed by atoms with Gasteiger partial charge in [-0.15, -0.1) is 0 Å². The fourth-order valence-electron chi connectivity index (χ4n) is 3.17. The molecule has 158 valence electrons. The van der Waals surface area contributed by atoms with Crippen molar-refractivity contribution >= 4 is 40.3 Å². The third kappa shape index (κ3) is 4.65. The normalized spacial score (nSPS) is 11.1. The summed E-state index contributed by atoms with van der Waals surface area (Å²) < 4.78 is 1.69. The van der Waals surface area contributed by atoms with Gasteiger partial charge in [0.15, 0.2) is 10.8 Å². The molecule has 1 amide bonds. The molecular formula is C22H21ClN6OS. The molecule has 0 aliphatic carbocycles. The zero-order chi connectivity index (χ0) is 22.0. The van der Waals surface area contributed by atoms with Crippen molar-refractivity contribution in [1.29, 1.82) is 5.41 Å². The largest absolute Gasteiger partial charge is 0.351 e. The molecule has 2 aromatic carbocycles. The molecule has 0 radical (unpaired) electrons. The molecule has 0 bridgehead atoms. The first-order valence-electron chi connectivity index (χ1n) is 9.65. The summed E-state index contributed by atoms with van der Waals surface area (Å²) in [6, 6.07) is 15.2. The molecule has 0 aliphatic rings. The summed E-state index contributed by atoms with van der Waals surface area (Å²) in [5.41, 5.74) is 4.37. The fraction of sp³-hybridized carbons (Fsp3) is 0.182. The maximum absolute atomic E-state index is 12.5. The van der Waals surface area contributed by atoms with Crippen LogP contribution >= 0.6 is 23.4 Å². The van der Waals surface area contributed by atoms with Crippen LogP contribution in [0.15, 0.2) is 53.7 Å². The van der Waals surface area contributed by atoms with Crippen LogP contribution in [0.2, 0.25) is 5.02 Å². The third-order valence-electron chi connectivity index (χ3n) is 4.79. The summed E-state index contributed by atoms with van der Waals surface area (Å²) in [6.07, 6.45) is 0. The van der Waals surface area contributed by atoms with E-state index < -0.39 is 0 Å². The monoisotopic (exact) mass is 452 g/mol. The lowest BCUT2D eigenvalue weighted by molar-refractivity contribution is -0.118. The van der Waals surface area contributed by atoms with E-state index in [0.29, 0.717) is 33.4 Å². The Bertz CT molecular complexity index is 1310. The van der Waals surface area contributed by atoms with Crippen LogP contribution in [0, 0.1) is 19.3 Å². The van der Waals surface area contributed by atoms with E-state index in [9.17, 15) is 4.79 Å². The van der Waals surface area contributed by atoms with Gasteiger partial charge < -0.3 is 5.32 Å². The third-order valence-corrected chi connectivity index (χ3v) is 5.96. The number of aromatic nitrogens is 4. The van der Waals surface area contributed by atoms with Crippen molar-refractivity contribution < 1.29 is 4.79 Å². The van der Waals surface area contributed by atoms with Crippen LogP contribution in [0.25, 0.3) is 16.7 Å². The quantitative estimate of drug-likeness (QED) is 0.305. The van der Waals surface area contributed by atoms with Crippen LogP contribution in [-0.2, 0) is 11.3 Å². The minimum atomic E-state index is -0.116. The maximum atomic E-state index is 12.5. The number of H-pyrrole nitrogens is 1. The first-order chi connectivity index (χ1) is 14.9. The number of benzene rings is 2. The average molecular weight is 453 g/mol. The van der Waals surface area contributed by atoms with Crippen LogP contribution in [0.5, 0.6) is 0 Å². The van der Waals surface area contributed by atoms with Crippen LogP contribution in [0.3, 0.4) is 0 Å².